The predicted molar refractivity (Wildman–Crippen MR) is 64.6 cm³/mol. The molecule has 1 rings (SSSR count). The van der Waals surface area contributed by atoms with Crippen LogP contribution in [0.15, 0.2) is 30.3 Å². The second-order valence-electron chi connectivity index (χ2n) is 4.51. The second kappa shape index (κ2) is 5.91. The van der Waals surface area contributed by atoms with Gasteiger partial charge in [0.25, 0.3) is 5.92 Å². The molecule has 0 aromatic heterocycles. The first kappa shape index (κ1) is 14.6. The van der Waals surface area contributed by atoms with E-state index < -0.39 is 24.5 Å². The van der Waals surface area contributed by atoms with Gasteiger partial charge in [0.2, 0.25) is 0 Å². The van der Waals surface area contributed by atoms with E-state index in [1.807, 2.05) is 0 Å². The SMILES string of the molecule is CC(C)C(NCC(F)(F)c1ccccc1)C(=O)O. The third-order valence-electron chi connectivity index (χ3n) is 2.67. The third kappa shape index (κ3) is 3.77. The molecule has 0 saturated heterocycles. The van der Waals surface area contributed by atoms with Crippen LogP contribution in [0.3, 0.4) is 0 Å². The van der Waals surface area contributed by atoms with Crippen LogP contribution < -0.4 is 5.32 Å². The highest BCUT2D eigenvalue weighted by Gasteiger charge is 2.33. The number of halogens is 2. The number of hydrogen-bond acceptors (Lipinski definition) is 2. The molecule has 0 aliphatic carbocycles. The molecule has 0 bridgehead atoms. The van der Waals surface area contributed by atoms with E-state index in [0.29, 0.717) is 0 Å². The number of nitrogens with one attached hydrogen (secondary N) is 1. The first-order valence-electron chi connectivity index (χ1n) is 5.74. The zero-order valence-electron chi connectivity index (χ0n) is 10.4. The fourth-order valence-electron chi connectivity index (χ4n) is 1.63. The van der Waals surface area contributed by atoms with E-state index in [9.17, 15) is 13.6 Å². The Bertz CT molecular complexity index is 393. The Morgan fingerprint density at radius 2 is 1.89 bits per heavy atom. The molecule has 2 N–H and O–H groups in total. The van der Waals surface area contributed by atoms with E-state index in [2.05, 4.69) is 5.32 Å². The van der Waals surface area contributed by atoms with E-state index in [0.717, 1.165) is 0 Å². The fraction of sp³-hybridized carbons (Fsp3) is 0.462. The Morgan fingerprint density at radius 1 is 1.33 bits per heavy atom. The summed E-state index contributed by atoms with van der Waals surface area (Å²) in [5.41, 5.74) is -0.120. The number of alkyl halides is 2. The van der Waals surface area contributed by atoms with E-state index in [1.165, 1.54) is 24.3 Å². The summed E-state index contributed by atoms with van der Waals surface area (Å²) in [5, 5.41) is 11.3. The Kier molecular flexibility index (Phi) is 4.78. The number of carboxylic acids is 1. The van der Waals surface area contributed by atoms with Crippen LogP contribution in [0.25, 0.3) is 0 Å². The minimum atomic E-state index is -3.08. The van der Waals surface area contributed by atoms with Crippen molar-refractivity contribution in [1.82, 2.24) is 5.32 Å². The largest absolute Gasteiger partial charge is 0.480 e. The molecule has 0 radical (unpaired) electrons. The normalized spacial score (nSPS) is 13.6. The highest BCUT2D eigenvalue weighted by Crippen LogP contribution is 2.26. The minimum absolute atomic E-state index is 0.120. The lowest BCUT2D eigenvalue weighted by atomic mass is 10.0. The van der Waals surface area contributed by atoms with Crippen molar-refractivity contribution in [2.24, 2.45) is 5.92 Å². The predicted octanol–water partition coefficient (Wildman–Crippen LogP) is 2.48. The van der Waals surface area contributed by atoms with Gasteiger partial charge in [-0.15, -0.1) is 0 Å². The summed E-state index contributed by atoms with van der Waals surface area (Å²) in [6.07, 6.45) is 0. The molecular weight excluding hydrogens is 240 g/mol. The summed E-state index contributed by atoms with van der Waals surface area (Å²) in [4.78, 5) is 10.9. The average Bonchev–Trinajstić information content (AvgIpc) is 2.29. The quantitative estimate of drug-likeness (QED) is 0.823. The lowest BCUT2D eigenvalue weighted by molar-refractivity contribution is -0.141. The molecule has 0 fully saturated rings. The molecule has 3 nitrogen and oxygen atoms in total. The third-order valence-corrected chi connectivity index (χ3v) is 2.67. The Morgan fingerprint density at radius 3 is 2.33 bits per heavy atom. The fourth-order valence-corrected chi connectivity index (χ4v) is 1.63. The van der Waals surface area contributed by atoms with E-state index in [4.69, 9.17) is 5.11 Å². The summed E-state index contributed by atoms with van der Waals surface area (Å²) in [6.45, 7) is 2.66. The van der Waals surface area contributed by atoms with Gasteiger partial charge >= 0.3 is 5.97 Å². The lowest BCUT2D eigenvalue weighted by Crippen LogP contribution is -2.45. The molecule has 1 unspecified atom stereocenters. The van der Waals surface area contributed by atoms with Gasteiger partial charge < -0.3 is 5.11 Å². The first-order valence-corrected chi connectivity index (χ1v) is 5.74. The maximum Gasteiger partial charge on any atom is 0.320 e. The molecule has 100 valence electrons. The van der Waals surface area contributed by atoms with Crippen molar-refractivity contribution in [1.29, 1.82) is 0 Å². The van der Waals surface area contributed by atoms with Crippen LogP contribution in [-0.4, -0.2) is 23.7 Å². The Hall–Kier alpha value is -1.49. The smallest absolute Gasteiger partial charge is 0.320 e. The Labute approximate surface area is 105 Å². The van der Waals surface area contributed by atoms with Crippen LogP contribution >= 0.6 is 0 Å². The molecule has 1 aromatic carbocycles. The van der Waals surface area contributed by atoms with Gasteiger partial charge in [-0.3, -0.25) is 10.1 Å². The van der Waals surface area contributed by atoms with Gasteiger partial charge in [0.05, 0.1) is 6.54 Å². The minimum Gasteiger partial charge on any atom is -0.480 e. The van der Waals surface area contributed by atoms with Crippen LogP contribution in [-0.2, 0) is 10.7 Å². The van der Waals surface area contributed by atoms with Gasteiger partial charge in [-0.25, -0.2) is 0 Å². The summed E-state index contributed by atoms with van der Waals surface area (Å²) in [7, 11) is 0. The average molecular weight is 257 g/mol. The van der Waals surface area contributed by atoms with Crippen molar-refractivity contribution in [3.8, 4) is 0 Å². The van der Waals surface area contributed by atoms with Crippen LogP contribution in [0.2, 0.25) is 0 Å². The number of hydrogen-bond donors (Lipinski definition) is 2. The van der Waals surface area contributed by atoms with Gasteiger partial charge in [-0.1, -0.05) is 44.2 Å². The highest BCUT2D eigenvalue weighted by atomic mass is 19.3. The standard InChI is InChI=1S/C13H17F2NO2/c1-9(2)11(12(17)18)16-8-13(14,15)10-6-4-3-5-7-10/h3-7,9,11,16H,8H2,1-2H3,(H,17,18). The monoisotopic (exact) mass is 257 g/mol. The van der Waals surface area contributed by atoms with Crippen LogP contribution in [0, 0.1) is 5.92 Å². The molecular formula is C13H17F2NO2. The zero-order chi connectivity index (χ0) is 13.8. The summed E-state index contributed by atoms with van der Waals surface area (Å²) < 4.78 is 27.6. The molecule has 0 aliphatic rings. The van der Waals surface area contributed by atoms with Gasteiger partial charge in [-0.2, -0.15) is 8.78 Å². The number of carboxylic acid groups (broad SMARTS) is 1. The number of aliphatic carboxylic acids is 1. The van der Waals surface area contributed by atoms with Gasteiger partial charge in [0.1, 0.15) is 6.04 Å². The summed E-state index contributed by atoms with van der Waals surface area (Å²) in [6, 6.07) is 6.39. The van der Waals surface area contributed by atoms with Crippen molar-refractivity contribution in [3.05, 3.63) is 35.9 Å². The molecule has 0 amide bonds. The van der Waals surface area contributed by atoms with Gasteiger partial charge in [-0.05, 0) is 5.92 Å². The molecule has 0 saturated carbocycles. The van der Waals surface area contributed by atoms with E-state index in [1.54, 1.807) is 19.9 Å². The van der Waals surface area contributed by atoms with Crippen molar-refractivity contribution in [2.45, 2.75) is 25.8 Å². The van der Waals surface area contributed by atoms with Crippen molar-refractivity contribution in [2.75, 3.05) is 6.54 Å². The molecule has 1 aromatic rings. The van der Waals surface area contributed by atoms with Crippen molar-refractivity contribution < 1.29 is 18.7 Å². The summed E-state index contributed by atoms with van der Waals surface area (Å²) in [5.74, 6) is -4.45. The van der Waals surface area contributed by atoms with Gasteiger partial charge in [0, 0.05) is 5.56 Å². The lowest BCUT2D eigenvalue weighted by Gasteiger charge is -2.22. The molecule has 0 heterocycles. The number of rotatable bonds is 6. The van der Waals surface area contributed by atoms with Gasteiger partial charge in [0.15, 0.2) is 0 Å². The van der Waals surface area contributed by atoms with E-state index in [-0.39, 0.29) is 11.5 Å². The second-order valence-corrected chi connectivity index (χ2v) is 4.51. The maximum absolute atomic E-state index is 13.8. The maximum atomic E-state index is 13.8. The van der Waals surface area contributed by atoms with Crippen molar-refractivity contribution in [3.63, 3.8) is 0 Å². The highest BCUT2D eigenvalue weighted by molar-refractivity contribution is 5.73. The molecule has 0 aliphatic heterocycles. The Balaban J connectivity index is 2.69. The van der Waals surface area contributed by atoms with Crippen LogP contribution in [0.4, 0.5) is 8.78 Å². The summed E-state index contributed by atoms with van der Waals surface area (Å²) >= 11 is 0. The zero-order valence-corrected chi connectivity index (χ0v) is 10.4. The van der Waals surface area contributed by atoms with Crippen LogP contribution in [0.5, 0.6) is 0 Å². The molecule has 0 spiro atoms. The topological polar surface area (TPSA) is 49.3 Å². The molecule has 18 heavy (non-hydrogen) atoms. The van der Waals surface area contributed by atoms with E-state index >= 15 is 0 Å². The molecule has 1 atom stereocenters. The number of carbonyl (C=O) groups is 1. The first-order chi connectivity index (χ1) is 8.34. The van der Waals surface area contributed by atoms with Crippen molar-refractivity contribution >= 4 is 5.97 Å². The number of benzene rings is 1. The molecule has 5 heteroatoms. The van der Waals surface area contributed by atoms with Crippen LogP contribution in [0.1, 0.15) is 19.4 Å².